The van der Waals surface area contributed by atoms with Crippen molar-refractivity contribution in [3.05, 3.63) is 53.6 Å². The van der Waals surface area contributed by atoms with E-state index in [4.69, 9.17) is 9.47 Å². The van der Waals surface area contributed by atoms with Crippen molar-refractivity contribution in [3.8, 4) is 11.5 Å². The largest absolute Gasteiger partial charge is 0.496 e. The van der Waals surface area contributed by atoms with Gasteiger partial charge in [0.15, 0.2) is 0 Å². The smallest absolute Gasteiger partial charge is 0.259 e. The van der Waals surface area contributed by atoms with Gasteiger partial charge in [0.1, 0.15) is 17.1 Å². The molecule has 4 nitrogen and oxygen atoms in total. The van der Waals surface area contributed by atoms with Gasteiger partial charge in [-0.1, -0.05) is 18.2 Å². The highest BCUT2D eigenvalue weighted by atomic mass is 32.2. The van der Waals surface area contributed by atoms with Crippen LogP contribution in [0.3, 0.4) is 0 Å². The van der Waals surface area contributed by atoms with Crippen LogP contribution < -0.4 is 14.8 Å². The number of benzene rings is 2. The third-order valence-electron chi connectivity index (χ3n) is 3.62. The first kappa shape index (κ1) is 17.2. The van der Waals surface area contributed by atoms with E-state index < -0.39 is 0 Å². The Balaban J connectivity index is 2.21. The molecule has 0 aliphatic carbocycles. The number of hydrogen-bond acceptors (Lipinski definition) is 4. The highest BCUT2D eigenvalue weighted by Crippen LogP contribution is 2.29. The molecule has 0 bridgehead atoms. The first-order valence-electron chi connectivity index (χ1n) is 7.26. The van der Waals surface area contributed by atoms with Crippen LogP contribution in [-0.2, 0) is 0 Å². The second-order valence-corrected chi connectivity index (χ2v) is 5.89. The summed E-state index contributed by atoms with van der Waals surface area (Å²) in [7, 11) is 3.08. The van der Waals surface area contributed by atoms with Gasteiger partial charge < -0.3 is 14.8 Å². The number of nitrogens with one attached hydrogen (secondary N) is 1. The molecule has 0 aliphatic rings. The summed E-state index contributed by atoms with van der Waals surface area (Å²) in [6, 6.07) is 13.3. The van der Waals surface area contributed by atoms with Gasteiger partial charge in [0.2, 0.25) is 0 Å². The maximum atomic E-state index is 12.6. The average Bonchev–Trinajstić information content (AvgIpc) is 2.60. The van der Waals surface area contributed by atoms with Crippen LogP contribution >= 0.6 is 11.8 Å². The number of carbonyl (C=O) groups is 1. The minimum Gasteiger partial charge on any atom is -0.496 e. The fraction of sp³-hybridized carbons (Fsp3) is 0.278. The molecule has 2 rings (SSSR count). The zero-order valence-electron chi connectivity index (χ0n) is 13.8. The van der Waals surface area contributed by atoms with E-state index in [1.165, 1.54) is 19.1 Å². The molecule has 122 valence electrons. The molecule has 5 heteroatoms. The Kier molecular flexibility index (Phi) is 5.93. The summed E-state index contributed by atoms with van der Waals surface area (Å²) in [5, 5.41) is 2.99. The van der Waals surface area contributed by atoms with Gasteiger partial charge in [-0.05, 0) is 43.0 Å². The summed E-state index contributed by atoms with van der Waals surface area (Å²) in [4.78, 5) is 13.8. The van der Waals surface area contributed by atoms with E-state index in [1.54, 1.807) is 30.0 Å². The van der Waals surface area contributed by atoms with Crippen LogP contribution in [0.5, 0.6) is 11.5 Å². The van der Waals surface area contributed by atoms with Gasteiger partial charge in [-0.15, -0.1) is 11.8 Å². The van der Waals surface area contributed by atoms with Crippen molar-refractivity contribution >= 4 is 17.7 Å². The molecule has 1 atom stereocenters. The Morgan fingerprint density at radius 1 is 1.04 bits per heavy atom. The molecule has 0 aliphatic heterocycles. The predicted molar refractivity (Wildman–Crippen MR) is 93.7 cm³/mol. The Morgan fingerprint density at radius 2 is 1.61 bits per heavy atom. The van der Waals surface area contributed by atoms with Gasteiger partial charge >= 0.3 is 0 Å². The van der Waals surface area contributed by atoms with Crippen molar-refractivity contribution in [2.24, 2.45) is 0 Å². The van der Waals surface area contributed by atoms with Gasteiger partial charge in [-0.3, -0.25) is 4.79 Å². The molecule has 0 saturated heterocycles. The summed E-state index contributed by atoms with van der Waals surface area (Å²) in [5.74, 6) is 0.763. The minimum atomic E-state index is -0.222. The monoisotopic (exact) mass is 331 g/mol. The molecular formula is C18H21NO3S. The molecule has 2 aromatic rings. The fourth-order valence-electron chi connectivity index (χ4n) is 2.32. The van der Waals surface area contributed by atoms with E-state index in [2.05, 4.69) is 5.32 Å². The molecule has 1 unspecified atom stereocenters. The van der Waals surface area contributed by atoms with Gasteiger partial charge in [-0.25, -0.2) is 0 Å². The number of rotatable bonds is 6. The Bertz CT molecular complexity index is 648. The highest BCUT2D eigenvalue weighted by molar-refractivity contribution is 7.98. The topological polar surface area (TPSA) is 47.6 Å². The Hall–Kier alpha value is -2.14. The SMILES string of the molecule is COc1cccc(OC)c1C(=O)NC(C)c1ccc(SC)cc1. The van der Waals surface area contributed by atoms with Crippen LogP contribution in [0.25, 0.3) is 0 Å². The lowest BCUT2D eigenvalue weighted by molar-refractivity contribution is 0.0933. The molecule has 0 spiro atoms. The van der Waals surface area contributed by atoms with Crippen molar-refractivity contribution < 1.29 is 14.3 Å². The number of hydrogen-bond donors (Lipinski definition) is 1. The normalized spacial score (nSPS) is 11.7. The van der Waals surface area contributed by atoms with E-state index in [1.807, 2.05) is 37.4 Å². The third kappa shape index (κ3) is 3.99. The molecule has 1 amide bonds. The van der Waals surface area contributed by atoms with Crippen LogP contribution in [0.1, 0.15) is 28.9 Å². The van der Waals surface area contributed by atoms with Crippen LogP contribution in [0, 0.1) is 0 Å². The first-order valence-corrected chi connectivity index (χ1v) is 8.49. The van der Waals surface area contributed by atoms with Crippen LogP contribution in [0.2, 0.25) is 0 Å². The molecular weight excluding hydrogens is 310 g/mol. The van der Waals surface area contributed by atoms with Crippen LogP contribution in [0.4, 0.5) is 0 Å². The van der Waals surface area contributed by atoms with Crippen LogP contribution in [0.15, 0.2) is 47.4 Å². The zero-order chi connectivity index (χ0) is 16.8. The third-order valence-corrected chi connectivity index (χ3v) is 4.36. The van der Waals surface area contributed by atoms with Crippen molar-refractivity contribution in [1.29, 1.82) is 0 Å². The van der Waals surface area contributed by atoms with Crippen molar-refractivity contribution in [2.75, 3.05) is 20.5 Å². The second-order valence-electron chi connectivity index (χ2n) is 5.01. The van der Waals surface area contributed by atoms with Gasteiger partial charge in [0.05, 0.1) is 20.3 Å². The zero-order valence-corrected chi connectivity index (χ0v) is 14.6. The molecule has 0 aromatic heterocycles. The van der Waals surface area contributed by atoms with E-state index in [0.717, 1.165) is 5.56 Å². The number of ether oxygens (including phenoxy) is 2. The number of thioether (sulfide) groups is 1. The number of amides is 1. The molecule has 0 saturated carbocycles. The minimum absolute atomic E-state index is 0.118. The number of carbonyl (C=O) groups excluding carboxylic acids is 1. The summed E-state index contributed by atoms with van der Waals surface area (Å²) in [5.41, 5.74) is 1.45. The Morgan fingerprint density at radius 3 is 2.09 bits per heavy atom. The maximum Gasteiger partial charge on any atom is 0.259 e. The molecule has 23 heavy (non-hydrogen) atoms. The van der Waals surface area contributed by atoms with Crippen molar-refractivity contribution in [1.82, 2.24) is 5.32 Å². The summed E-state index contributed by atoms with van der Waals surface area (Å²) >= 11 is 1.69. The van der Waals surface area contributed by atoms with Crippen molar-refractivity contribution in [3.63, 3.8) is 0 Å². The Labute approximate surface area is 141 Å². The molecule has 1 N–H and O–H groups in total. The van der Waals surface area contributed by atoms with Gasteiger partial charge in [-0.2, -0.15) is 0 Å². The molecule has 0 radical (unpaired) electrons. The van der Waals surface area contributed by atoms with E-state index >= 15 is 0 Å². The standard InChI is InChI=1S/C18H21NO3S/c1-12(13-8-10-14(23-4)11-9-13)19-18(20)17-15(21-2)6-5-7-16(17)22-3/h5-12H,1-4H3,(H,19,20). The summed E-state index contributed by atoms with van der Waals surface area (Å²) in [6.07, 6.45) is 2.04. The van der Waals surface area contributed by atoms with E-state index in [0.29, 0.717) is 17.1 Å². The van der Waals surface area contributed by atoms with Gasteiger partial charge in [0, 0.05) is 4.90 Å². The van der Waals surface area contributed by atoms with E-state index in [9.17, 15) is 4.79 Å². The lowest BCUT2D eigenvalue weighted by atomic mass is 10.1. The average molecular weight is 331 g/mol. The lowest BCUT2D eigenvalue weighted by Gasteiger charge is -2.17. The molecule has 0 heterocycles. The molecule has 2 aromatic carbocycles. The second kappa shape index (κ2) is 7.92. The van der Waals surface area contributed by atoms with Gasteiger partial charge in [0.25, 0.3) is 5.91 Å². The fourth-order valence-corrected chi connectivity index (χ4v) is 2.73. The number of methoxy groups -OCH3 is 2. The van der Waals surface area contributed by atoms with Crippen molar-refractivity contribution in [2.45, 2.75) is 17.9 Å². The quantitative estimate of drug-likeness (QED) is 0.815. The maximum absolute atomic E-state index is 12.6. The lowest BCUT2D eigenvalue weighted by Crippen LogP contribution is -2.27. The summed E-state index contributed by atoms with van der Waals surface area (Å²) in [6.45, 7) is 1.95. The summed E-state index contributed by atoms with van der Waals surface area (Å²) < 4.78 is 10.6. The van der Waals surface area contributed by atoms with Crippen LogP contribution in [-0.4, -0.2) is 26.4 Å². The van der Waals surface area contributed by atoms with E-state index in [-0.39, 0.29) is 11.9 Å². The first-order chi connectivity index (χ1) is 11.1. The molecule has 0 fully saturated rings. The predicted octanol–water partition coefficient (Wildman–Crippen LogP) is 3.92. The highest BCUT2D eigenvalue weighted by Gasteiger charge is 2.20.